The van der Waals surface area contributed by atoms with E-state index >= 15 is 0 Å². The third-order valence-electron chi connectivity index (χ3n) is 11.5. The van der Waals surface area contributed by atoms with Gasteiger partial charge in [-0.25, -0.2) is 15.0 Å². The van der Waals surface area contributed by atoms with Crippen molar-refractivity contribution in [1.82, 2.24) is 19.9 Å². The number of aromatic nitrogens is 4. The molecule has 4 nitrogen and oxygen atoms in total. The van der Waals surface area contributed by atoms with E-state index in [0.29, 0.717) is 23.0 Å². The first-order valence-corrected chi connectivity index (χ1v) is 21.2. The molecular formula is C59H42N4. The summed E-state index contributed by atoms with van der Waals surface area (Å²) in [5.41, 5.74) is 14.8. The highest BCUT2D eigenvalue weighted by Crippen LogP contribution is 2.36. The third kappa shape index (κ3) is 8.14. The molecule has 10 aromatic rings. The highest BCUT2D eigenvalue weighted by atomic mass is 15.0. The van der Waals surface area contributed by atoms with Crippen molar-refractivity contribution in [3.05, 3.63) is 243 Å². The molecule has 0 aliphatic rings. The molecule has 2 heterocycles. The number of pyridine rings is 1. The molecule has 0 spiro atoms. The molecule has 2 aromatic heterocycles. The van der Waals surface area contributed by atoms with E-state index in [-0.39, 0.29) is 0 Å². The lowest BCUT2D eigenvalue weighted by molar-refractivity contribution is 1.04. The Bertz CT molecular complexity index is 3330. The van der Waals surface area contributed by atoms with Gasteiger partial charge in [0.05, 0.1) is 5.52 Å². The van der Waals surface area contributed by atoms with Crippen LogP contribution in [0.1, 0.15) is 18.3 Å². The van der Waals surface area contributed by atoms with Gasteiger partial charge in [-0.2, -0.15) is 0 Å². The number of nitrogens with zero attached hydrogens (tertiary/aromatic N) is 4. The van der Waals surface area contributed by atoms with Crippen LogP contribution in [0.15, 0.2) is 231 Å². The van der Waals surface area contributed by atoms with E-state index in [1.807, 2.05) is 49.5 Å². The fourth-order valence-electron chi connectivity index (χ4n) is 8.19. The lowest BCUT2D eigenvalue weighted by atomic mass is 9.93. The summed E-state index contributed by atoms with van der Waals surface area (Å²) in [6.07, 6.45) is 8.02. The van der Waals surface area contributed by atoms with E-state index in [9.17, 15) is 0 Å². The Balaban J connectivity index is 0.979. The van der Waals surface area contributed by atoms with Gasteiger partial charge in [-0.3, -0.25) is 4.98 Å². The molecule has 4 heteroatoms. The zero-order valence-corrected chi connectivity index (χ0v) is 34.9. The van der Waals surface area contributed by atoms with Gasteiger partial charge in [0.15, 0.2) is 17.5 Å². The number of benzene rings is 8. The van der Waals surface area contributed by atoms with Crippen LogP contribution in [-0.4, -0.2) is 19.9 Å². The van der Waals surface area contributed by atoms with Crippen molar-refractivity contribution in [2.24, 2.45) is 0 Å². The Morgan fingerprint density at radius 1 is 0.429 bits per heavy atom. The molecule has 0 bridgehead atoms. The van der Waals surface area contributed by atoms with Gasteiger partial charge in [0, 0.05) is 33.7 Å². The maximum Gasteiger partial charge on any atom is 0.164 e. The molecule has 0 saturated heterocycles. The zero-order chi connectivity index (χ0) is 42.5. The van der Waals surface area contributed by atoms with E-state index in [1.165, 1.54) is 16.5 Å². The molecular weight excluding hydrogens is 765 g/mol. The van der Waals surface area contributed by atoms with E-state index < -0.39 is 0 Å². The fourth-order valence-corrected chi connectivity index (χ4v) is 8.19. The van der Waals surface area contributed by atoms with Crippen molar-refractivity contribution >= 4 is 32.8 Å². The summed E-state index contributed by atoms with van der Waals surface area (Å²) in [7, 11) is 0. The van der Waals surface area contributed by atoms with Crippen molar-refractivity contribution in [2.75, 3.05) is 0 Å². The molecule has 0 unspecified atom stereocenters. The quantitative estimate of drug-likeness (QED) is 0.102. The smallest absolute Gasteiger partial charge is 0.164 e. The Kier molecular flexibility index (Phi) is 10.7. The predicted octanol–water partition coefficient (Wildman–Crippen LogP) is 15.2. The van der Waals surface area contributed by atoms with Crippen LogP contribution in [0.4, 0.5) is 0 Å². The van der Waals surface area contributed by atoms with E-state index in [0.717, 1.165) is 71.9 Å². The molecule has 8 aromatic carbocycles. The summed E-state index contributed by atoms with van der Waals surface area (Å²) in [4.78, 5) is 19.8. The number of rotatable bonds is 10. The average Bonchev–Trinajstić information content (AvgIpc) is 3.37. The summed E-state index contributed by atoms with van der Waals surface area (Å²) in [5, 5.41) is 3.49. The fraction of sp³-hybridized carbons (Fsp3) is 0.0169. The first-order valence-electron chi connectivity index (χ1n) is 21.2. The second kappa shape index (κ2) is 17.3. The van der Waals surface area contributed by atoms with Gasteiger partial charge >= 0.3 is 0 Å². The van der Waals surface area contributed by atoms with Crippen LogP contribution in [0.25, 0.3) is 100 Å². The van der Waals surface area contributed by atoms with Gasteiger partial charge < -0.3 is 0 Å². The Labute approximate surface area is 368 Å². The lowest BCUT2D eigenvalue weighted by Gasteiger charge is -2.12. The molecule has 0 aliphatic carbocycles. The Hall–Kier alpha value is -8.34. The maximum atomic E-state index is 5.08. The molecule has 0 aliphatic heterocycles. The van der Waals surface area contributed by atoms with Crippen LogP contribution in [0.3, 0.4) is 0 Å². The van der Waals surface area contributed by atoms with Gasteiger partial charge in [0.2, 0.25) is 0 Å². The van der Waals surface area contributed by atoms with Gasteiger partial charge in [0.25, 0.3) is 0 Å². The van der Waals surface area contributed by atoms with Crippen LogP contribution in [0, 0.1) is 0 Å². The highest BCUT2D eigenvalue weighted by Gasteiger charge is 2.15. The Morgan fingerprint density at radius 3 is 1.65 bits per heavy atom. The van der Waals surface area contributed by atoms with Crippen molar-refractivity contribution in [1.29, 1.82) is 0 Å². The second-order valence-electron chi connectivity index (χ2n) is 15.5. The third-order valence-corrected chi connectivity index (χ3v) is 11.5. The first kappa shape index (κ1) is 38.8. The van der Waals surface area contributed by atoms with Crippen LogP contribution in [0.5, 0.6) is 0 Å². The topological polar surface area (TPSA) is 51.6 Å². The average molecular weight is 807 g/mol. The Morgan fingerprint density at radius 2 is 0.952 bits per heavy atom. The molecule has 0 saturated carbocycles. The van der Waals surface area contributed by atoms with Crippen LogP contribution in [0.2, 0.25) is 0 Å². The van der Waals surface area contributed by atoms with E-state index in [1.54, 1.807) is 0 Å². The molecule has 63 heavy (non-hydrogen) atoms. The lowest BCUT2D eigenvalue weighted by Crippen LogP contribution is -2.02. The van der Waals surface area contributed by atoms with E-state index in [2.05, 4.69) is 189 Å². The summed E-state index contributed by atoms with van der Waals surface area (Å²) in [6, 6.07) is 70.0. The first-order chi connectivity index (χ1) is 31.1. The highest BCUT2D eigenvalue weighted by molar-refractivity contribution is 6.12. The van der Waals surface area contributed by atoms with Crippen LogP contribution in [-0.2, 0) is 0 Å². The van der Waals surface area contributed by atoms with Crippen molar-refractivity contribution in [3.8, 4) is 67.3 Å². The van der Waals surface area contributed by atoms with Crippen LogP contribution >= 0.6 is 0 Å². The van der Waals surface area contributed by atoms with Crippen molar-refractivity contribution in [3.63, 3.8) is 0 Å². The standard InChI is InChI=1S/C59H42N4/c1-3-41(42-15-6-4-7-16-42)27-26-40(2)57-61-58(47-34-30-44(31-35-47)43-17-8-5-9-18-43)63-59(62-57)52-22-13-21-50(38-52)49-20-12-19-48(37-49)45-28-32-46(33-29-45)55-39-51-23-14-36-60-56(51)54-25-11-10-24-53(54)55/h3-39H,2H2,1H3/b27-26-,41-3+. The summed E-state index contributed by atoms with van der Waals surface area (Å²) < 4.78 is 0. The van der Waals surface area contributed by atoms with Crippen molar-refractivity contribution in [2.45, 2.75) is 6.92 Å². The van der Waals surface area contributed by atoms with E-state index in [4.69, 9.17) is 19.9 Å². The van der Waals surface area contributed by atoms with Gasteiger partial charge in [-0.05, 0) is 92.2 Å². The summed E-state index contributed by atoms with van der Waals surface area (Å²) in [5.74, 6) is 1.69. The van der Waals surface area contributed by atoms with Gasteiger partial charge in [0.1, 0.15) is 0 Å². The molecule has 0 atom stereocenters. The minimum Gasteiger partial charge on any atom is -0.256 e. The number of hydrogen-bond acceptors (Lipinski definition) is 4. The molecule has 0 fully saturated rings. The summed E-state index contributed by atoms with van der Waals surface area (Å²) in [6.45, 7) is 6.47. The maximum absolute atomic E-state index is 5.08. The second-order valence-corrected chi connectivity index (χ2v) is 15.5. The minimum atomic E-state index is 0.520. The number of hydrogen-bond donors (Lipinski definition) is 0. The van der Waals surface area contributed by atoms with Crippen molar-refractivity contribution < 1.29 is 0 Å². The molecule has 10 rings (SSSR count). The molecule has 0 N–H and O–H groups in total. The predicted molar refractivity (Wildman–Crippen MR) is 264 cm³/mol. The SMILES string of the molecule is C=C(/C=C\C(=C/C)c1ccccc1)c1nc(-c2ccc(-c3ccccc3)cc2)nc(-c2cccc(-c3cccc(-c4ccc(-c5cc6cccnc6c6ccccc56)cc4)c3)c2)n1. The molecule has 298 valence electrons. The monoisotopic (exact) mass is 806 g/mol. The minimum absolute atomic E-state index is 0.520. The van der Waals surface area contributed by atoms with Gasteiger partial charge in [-0.15, -0.1) is 0 Å². The summed E-state index contributed by atoms with van der Waals surface area (Å²) >= 11 is 0. The largest absolute Gasteiger partial charge is 0.256 e. The van der Waals surface area contributed by atoms with Crippen LogP contribution < -0.4 is 0 Å². The molecule has 0 radical (unpaired) electrons. The van der Waals surface area contributed by atoms with Gasteiger partial charge in [-0.1, -0.05) is 201 Å². The number of allylic oxidation sites excluding steroid dienone is 5. The number of fused-ring (bicyclic) bond motifs is 3. The normalized spacial score (nSPS) is 11.7. The zero-order valence-electron chi connectivity index (χ0n) is 34.9. The molecule has 0 amide bonds.